The molecular formula is C18H19N3O2. The Morgan fingerprint density at radius 3 is 2.13 bits per heavy atom. The molecule has 0 spiro atoms. The Kier molecular flexibility index (Phi) is 4.28. The Morgan fingerprint density at radius 2 is 1.52 bits per heavy atom. The highest BCUT2D eigenvalue weighted by atomic mass is 16.2. The van der Waals surface area contributed by atoms with Crippen molar-refractivity contribution in [2.45, 2.75) is 25.8 Å². The van der Waals surface area contributed by atoms with Crippen molar-refractivity contribution in [2.24, 2.45) is 0 Å². The fourth-order valence-electron chi connectivity index (χ4n) is 2.24. The summed E-state index contributed by atoms with van der Waals surface area (Å²) in [6.07, 6.45) is 2.11. The zero-order chi connectivity index (χ0) is 16.2. The minimum absolute atomic E-state index is 0.143. The molecule has 5 nitrogen and oxygen atoms in total. The monoisotopic (exact) mass is 309 g/mol. The number of nitrogens with one attached hydrogen (secondary N) is 3. The second kappa shape index (κ2) is 6.52. The Hall–Kier alpha value is -2.82. The second-order valence-electron chi connectivity index (χ2n) is 5.72. The summed E-state index contributed by atoms with van der Waals surface area (Å²) >= 11 is 0. The summed E-state index contributed by atoms with van der Waals surface area (Å²) < 4.78 is 0. The van der Waals surface area contributed by atoms with E-state index in [1.54, 1.807) is 30.3 Å². The summed E-state index contributed by atoms with van der Waals surface area (Å²) in [5.74, 6) is -0.143. The van der Waals surface area contributed by atoms with E-state index in [-0.39, 0.29) is 11.9 Å². The number of carbonyl (C=O) groups excluding carboxylic acids is 2. The van der Waals surface area contributed by atoms with Gasteiger partial charge in [-0.05, 0) is 55.7 Å². The molecule has 3 amide bonds. The first kappa shape index (κ1) is 15.1. The molecule has 0 radical (unpaired) electrons. The summed E-state index contributed by atoms with van der Waals surface area (Å²) in [4.78, 5) is 23.9. The summed E-state index contributed by atoms with van der Waals surface area (Å²) in [5, 5.41) is 8.48. The molecule has 1 aliphatic rings. The first-order valence-electron chi connectivity index (χ1n) is 7.66. The van der Waals surface area contributed by atoms with E-state index in [0.717, 1.165) is 18.4 Å². The molecule has 0 unspecified atom stereocenters. The Morgan fingerprint density at radius 1 is 0.913 bits per heavy atom. The van der Waals surface area contributed by atoms with Crippen LogP contribution in [0.15, 0.2) is 48.5 Å². The van der Waals surface area contributed by atoms with E-state index >= 15 is 0 Å². The zero-order valence-corrected chi connectivity index (χ0v) is 12.9. The standard InChI is InChI=1S/C18H19N3O2/c1-12-4-2-3-5-16(12)17(22)19-13-6-8-14(9-7-13)20-18(23)21-15-10-11-15/h2-9,15H,10-11H2,1H3,(H,19,22)(H2,20,21,23). The molecule has 1 aliphatic carbocycles. The van der Waals surface area contributed by atoms with Gasteiger partial charge in [0.25, 0.3) is 5.91 Å². The van der Waals surface area contributed by atoms with Crippen molar-refractivity contribution >= 4 is 23.3 Å². The lowest BCUT2D eigenvalue weighted by Gasteiger charge is -2.09. The van der Waals surface area contributed by atoms with Crippen molar-refractivity contribution in [1.29, 1.82) is 0 Å². The maximum Gasteiger partial charge on any atom is 0.319 e. The van der Waals surface area contributed by atoms with Gasteiger partial charge in [-0.2, -0.15) is 0 Å². The van der Waals surface area contributed by atoms with E-state index in [9.17, 15) is 9.59 Å². The predicted octanol–water partition coefficient (Wildman–Crippen LogP) is 3.53. The number of aryl methyl sites for hydroxylation is 1. The number of amides is 3. The fraction of sp³-hybridized carbons (Fsp3) is 0.222. The molecule has 2 aromatic carbocycles. The van der Waals surface area contributed by atoms with Gasteiger partial charge >= 0.3 is 6.03 Å². The van der Waals surface area contributed by atoms with Gasteiger partial charge in [0.05, 0.1) is 0 Å². The van der Waals surface area contributed by atoms with Gasteiger partial charge in [-0.1, -0.05) is 18.2 Å². The highest BCUT2D eigenvalue weighted by molar-refractivity contribution is 6.05. The molecular weight excluding hydrogens is 290 g/mol. The van der Waals surface area contributed by atoms with E-state index in [2.05, 4.69) is 16.0 Å². The van der Waals surface area contributed by atoms with Crippen molar-refractivity contribution in [1.82, 2.24) is 5.32 Å². The van der Waals surface area contributed by atoms with Crippen molar-refractivity contribution in [3.63, 3.8) is 0 Å². The Bertz CT molecular complexity index is 721. The lowest BCUT2D eigenvalue weighted by molar-refractivity contribution is 0.102. The number of urea groups is 1. The van der Waals surface area contributed by atoms with E-state index in [1.165, 1.54) is 0 Å². The van der Waals surface area contributed by atoms with Crippen LogP contribution in [-0.4, -0.2) is 18.0 Å². The number of rotatable bonds is 4. The van der Waals surface area contributed by atoms with Crippen LogP contribution in [0.3, 0.4) is 0 Å². The lowest BCUT2D eigenvalue weighted by Crippen LogP contribution is -2.30. The fourth-order valence-corrected chi connectivity index (χ4v) is 2.24. The predicted molar refractivity (Wildman–Crippen MR) is 90.8 cm³/mol. The van der Waals surface area contributed by atoms with E-state index in [0.29, 0.717) is 23.0 Å². The van der Waals surface area contributed by atoms with Crippen LogP contribution in [0.5, 0.6) is 0 Å². The number of hydrogen-bond acceptors (Lipinski definition) is 2. The Balaban J connectivity index is 1.59. The van der Waals surface area contributed by atoms with Crippen molar-refractivity contribution in [2.75, 3.05) is 10.6 Å². The molecule has 1 fully saturated rings. The average molecular weight is 309 g/mol. The van der Waals surface area contributed by atoms with Gasteiger partial charge in [-0.3, -0.25) is 4.79 Å². The summed E-state index contributed by atoms with van der Waals surface area (Å²) in [5.41, 5.74) is 2.96. The highest BCUT2D eigenvalue weighted by Crippen LogP contribution is 2.19. The molecule has 0 heterocycles. The van der Waals surface area contributed by atoms with Crippen LogP contribution < -0.4 is 16.0 Å². The normalized spacial score (nSPS) is 13.3. The van der Waals surface area contributed by atoms with Crippen LogP contribution in [0, 0.1) is 6.92 Å². The third-order valence-corrected chi connectivity index (χ3v) is 3.70. The molecule has 3 N–H and O–H groups in total. The largest absolute Gasteiger partial charge is 0.335 e. The number of anilines is 2. The van der Waals surface area contributed by atoms with Gasteiger partial charge < -0.3 is 16.0 Å². The quantitative estimate of drug-likeness (QED) is 0.808. The van der Waals surface area contributed by atoms with Crippen molar-refractivity contribution < 1.29 is 9.59 Å². The van der Waals surface area contributed by atoms with Crippen LogP contribution in [-0.2, 0) is 0 Å². The van der Waals surface area contributed by atoms with Crippen LogP contribution in [0.25, 0.3) is 0 Å². The molecule has 23 heavy (non-hydrogen) atoms. The summed E-state index contributed by atoms with van der Waals surface area (Å²) in [6.45, 7) is 1.90. The summed E-state index contributed by atoms with van der Waals surface area (Å²) in [6, 6.07) is 14.6. The van der Waals surface area contributed by atoms with Gasteiger partial charge in [-0.15, -0.1) is 0 Å². The average Bonchev–Trinajstić information content (AvgIpc) is 3.33. The van der Waals surface area contributed by atoms with E-state index < -0.39 is 0 Å². The van der Waals surface area contributed by atoms with E-state index in [1.807, 2.05) is 25.1 Å². The van der Waals surface area contributed by atoms with Gasteiger partial charge in [0, 0.05) is 23.0 Å². The first-order chi connectivity index (χ1) is 11.1. The number of carbonyl (C=O) groups is 2. The first-order valence-corrected chi connectivity index (χ1v) is 7.66. The van der Waals surface area contributed by atoms with E-state index in [4.69, 9.17) is 0 Å². The van der Waals surface area contributed by atoms with Gasteiger partial charge in [0.2, 0.25) is 0 Å². The molecule has 118 valence electrons. The van der Waals surface area contributed by atoms with Gasteiger partial charge in [0.1, 0.15) is 0 Å². The zero-order valence-electron chi connectivity index (χ0n) is 12.9. The lowest BCUT2D eigenvalue weighted by atomic mass is 10.1. The smallest absolute Gasteiger partial charge is 0.319 e. The number of benzene rings is 2. The molecule has 2 aromatic rings. The van der Waals surface area contributed by atoms with Crippen molar-refractivity contribution in [3.05, 3.63) is 59.7 Å². The van der Waals surface area contributed by atoms with Gasteiger partial charge in [0.15, 0.2) is 0 Å². The number of hydrogen-bond donors (Lipinski definition) is 3. The molecule has 3 rings (SSSR count). The molecule has 0 bridgehead atoms. The molecule has 0 saturated heterocycles. The van der Waals surface area contributed by atoms with Crippen LogP contribution in [0.1, 0.15) is 28.8 Å². The maximum atomic E-state index is 12.2. The summed E-state index contributed by atoms with van der Waals surface area (Å²) in [7, 11) is 0. The van der Waals surface area contributed by atoms with Crippen molar-refractivity contribution in [3.8, 4) is 0 Å². The Labute approximate surface area is 135 Å². The third kappa shape index (κ3) is 4.10. The SMILES string of the molecule is Cc1ccccc1C(=O)Nc1ccc(NC(=O)NC2CC2)cc1. The minimum atomic E-state index is -0.191. The third-order valence-electron chi connectivity index (χ3n) is 3.70. The van der Waals surface area contributed by atoms with Crippen LogP contribution in [0.2, 0.25) is 0 Å². The molecule has 1 saturated carbocycles. The van der Waals surface area contributed by atoms with Crippen LogP contribution in [0.4, 0.5) is 16.2 Å². The molecule has 0 atom stereocenters. The minimum Gasteiger partial charge on any atom is -0.335 e. The molecule has 0 aliphatic heterocycles. The highest BCUT2D eigenvalue weighted by Gasteiger charge is 2.23. The second-order valence-corrected chi connectivity index (χ2v) is 5.72. The van der Waals surface area contributed by atoms with Gasteiger partial charge in [-0.25, -0.2) is 4.79 Å². The molecule has 5 heteroatoms. The molecule has 0 aromatic heterocycles. The topological polar surface area (TPSA) is 70.2 Å². The van der Waals surface area contributed by atoms with Crippen LogP contribution >= 0.6 is 0 Å². The maximum absolute atomic E-state index is 12.2.